The van der Waals surface area contributed by atoms with Crippen molar-refractivity contribution in [2.75, 3.05) is 27.9 Å². The number of rotatable bonds is 6. The maximum atomic E-state index is 11.7. The number of ether oxygens (including phenoxy) is 3. The zero-order valence-corrected chi connectivity index (χ0v) is 11.5. The lowest BCUT2D eigenvalue weighted by Crippen LogP contribution is -2.37. The number of amides is 1. The zero-order valence-electron chi connectivity index (χ0n) is 11.5. The van der Waals surface area contributed by atoms with Crippen molar-refractivity contribution in [3.8, 4) is 11.5 Å². The average molecular weight is 265 g/mol. The van der Waals surface area contributed by atoms with Crippen LogP contribution in [0.15, 0.2) is 18.2 Å². The minimum Gasteiger partial charge on any atom is -0.493 e. The Bertz CT molecular complexity index is 469. The SMILES string of the molecule is COCC(=O)NC1(c2ccc(OC)c(OC)c2)CC1. The van der Waals surface area contributed by atoms with E-state index in [1.807, 2.05) is 18.2 Å². The Balaban J connectivity index is 2.19. The van der Waals surface area contributed by atoms with Crippen LogP contribution in [-0.4, -0.2) is 33.8 Å². The molecule has 0 bridgehead atoms. The number of carbonyl (C=O) groups excluding carboxylic acids is 1. The minimum absolute atomic E-state index is 0.0784. The molecule has 0 unspecified atom stereocenters. The van der Waals surface area contributed by atoms with Gasteiger partial charge in [-0.1, -0.05) is 6.07 Å². The first-order chi connectivity index (χ1) is 9.15. The van der Waals surface area contributed by atoms with Crippen LogP contribution >= 0.6 is 0 Å². The normalized spacial score (nSPS) is 15.7. The Morgan fingerprint density at radius 2 is 1.89 bits per heavy atom. The maximum absolute atomic E-state index is 11.7. The van der Waals surface area contributed by atoms with Gasteiger partial charge in [-0.15, -0.1) is 0 Å². The van der Waals surface area contributed by atoms with E-state index in [1.54, 1.807) is 14.2 Å². The molecular formula is C14H19NO4. The average Bonchev–Trinajstić information content (AvgIpc) is 3.19. The first-order valence-corrected chi connectivity index (χ1v) is 6.17. The molecule has 0 radical (unpaired) electrons. The number of hydrogen-bond acceptors (Lipinski definition) is 4. The highest BCUT2D eigenvalue weighted by atomic mass is 16.5. The van der Waals surface area contributed by atoms with Crippen LogP contribution in [0.1, 0.15) is 18.4 Å². The summed E-state index contributed by atoms with van der Waals surface area (Å²) in [6.07, 6.45) is 1.86. The van der Waals surface area contributed by atoms with Crippen molar-refractivity contribution in [2.45, 2.75) is 18.4 Å². The number of carbonyl (C=O) groups is 1. The van der Waals surface area contributed by atoms with E-state index in [1.165, 1.54) is 7.11 Å². The van der Waals surface area contributed by atoms with Crippen molar-refractivity contribution < 1.29 is 19.0 Å². The monoisotopic (exact) mass is 265 g/mol. The summed E-state index contributed by atoms with van der Waals surface area (Å²) in [4.78, 5) is 11.7. The van der Waals surface area contributed by atoms with Crippen LogP contribution in [0.25, 0.3) is 0 Å². The van der Waals surface area contributed by atoms with Crippen LogP contribution in [-0.2, 0) is 15.1 Å². The van der Waals surface area contributed by atoms with Gasteiger partial charge in [0.1, 0.15) is 6.61 Å². The van der Waals surface area contributed by atoms with Gasteiger partial charge in [-0.05, 0) is 30.5 Å². The molecule has 0 aliphatic heterocycles. The third-order valence-electron chi connectivity index (χ3n) is 3.34. The van der Waals surface area contributed by atoms with Crippen LogP contribution in [0.3, 0.4) is 0 Å². The summed E-state index contributed by atoms with van der Waals surface area (Å²) in [6, 6.07) is 5.73. The second-order valence-corrected chi connectivity index (χ2v) is 4.63. The molecule has 1 aromatic rings. The first kappa shape index (κ1) is 13.7. The van der Waals surface area contributed by atoms with Crippen molar-refractivity contribution >= 4 is 5.91 Å². The highest BCUT2D eigenvalue weighted by Crippen LogP contribution is 2.47. The van der Waals surface area contributed by atoms with Gasteiger partial charge in [-0.2, -0.15) is 0 Å². The number of hydrogen-bond donors (Lipinski definition) is 1. The fourth-order valence-corrected chi connectivity index (χ4v) is 2.18. The number of nitrogens with one attached hydrogen (secondary N) is 1. The van der Waals surface area contributed by atoms with Crippen molar-refractivity contribution in [3.63, 3.8) is 0 Å². The summed E-state index contributed by atoms with van der Waals surface area (Å²) in [7, 11) is 4.71. The summed E-state index contributed by atoms with van der Waals surface area (Å²) in [5.74, 6) is 1.26. The number of methoxy groups -OCH3 is 3. The highest BCUT2D eigenvalue weighted by Gasteiger charge is 2.45. The Labute approximate surface area is 112 Å². The zero-order chi connectivity index (χ0) is 13.9. The molecule has 0 saturated heterocycles. The molecular weight excluding hydrogens is 246 g/mol. The van der Waals surface area contributed by atoms with Crippen LogP contribution in [0, 0.1) is 0 Å². The van der Waals surface area contributed by atoms with Crippen LogP contribution < -0.4 is 14.8 Å². The van der Waals surface area contributed by atoms with E-state index >= 15 is 0 Å². The van der Waals surface area contributed by atoms with E-state index in [2.05, 4.69) is 5.32 Å². The molecule has 104 valence electrons. The predicted octanol–water partition coefficient (Wildman–Crippen LogP) is 1.46. The second-order valence-electron chi connectivity index (χ2n) is 4.63. The van der Waals surface area contributed by atoms with E-state index in [-0.39, 0.29) is 18.1 Å². The van der Waals surface area contributed by atoms with Gasteiger partial charge in [0.05, 0.1) is 19.8 Å². The molecule has 0 atom stereocenters. The van der Waals surface area contributed by atoms with E-state index in [0.717, 1.165) is 18.4 Å². The molecule has 19 heavy (non-hydrogen) atoms. The largest absolute Gasteiger partial charge is 0.493 e. The van der Waals surface area contributed by atoms with Gasteiger partial charge in [0.15, 0.2) is 11.5 Å². The predicted molar refractivity (Wildman–Crippen MR) is 70.5 cm³/mol. The third-order valence-corrected chi connectivity index (χ3v) is 3.34. The van der Waals surface area contributed by atoms with Gasteiger partial charge < -0.3 is 19.5 Å². The molecule has 1 aliphatic rings. The van der Waals surface area contributed by atoms with E-state index in [4.69, 9.17) is 14.2 Å². The molecule has 1 amide bonds. The van der Waals surface area contributed by atoms with Crippen molar-refractivity contribution in [1.29, 1.82) is 0 Å². The van der Waals surface area contributed by atoms with Crippen LogP contribution in [0.4, 0.5) is 0 Å². The fourth-order valence-electron chi connectivity index (χ4n) is 2.18. The van der Waals surface area contributed by atoms with Crippen molar-refractivity contribution in [3.05, 3.63) is 23.8 Å². The fraction of sp³-hybridized carbons (Fsp3) is 0.500. The lowest BCUT2D eigenvalue weighted by atomic mass is 10.0. The summed E-state index contributed by atoms with van der Waals surface area (Å²) in [5, 5.41) is 3.01. The molecule has 1 saturated carbocycles. The minimum atomic E-state index is -0.269. The molecule has 1 aliphatic carbocycles. The smallest absolute Gasteiger partial charge is 0.246 e. The van der Waals surface area contributed by atoms with E-state index in [9.17, 15) is 4.79 Å². The Hall–Kier alpha value is -1.75. The molecule has 0 spiro atoms. The number of benzene rings is 1. The van der Waals surface area contributed by atoms with E-state index < -0.39 is 0 Å². The third kappa shape index (κ3) is 2.81. The molecule has 5 heteroatoms. The highest BCUT2D eigenvalue weighted by molar-refractivity contribution is 5.78. The Morgan fingerprint density at radius 3 is 2.42 bits per heavy atom. The van der Waals surface area contributed by atoms with Crippen LogP contribution in [0.5, 0.6) is 11.5 Å². The molecule has 1 fully saturated rings. The topological polar surface area (TPSA) is 56.8 Å². The Kier molecular flexibility index (Phi) is 3.95. The molecule has 1 N–H and O–H groups in total. The molecule has 0 heterocycles. The van der Waals surface area contributed by atoms with Gasteiger partial charge in [-0.3, -0.25) is 4.79 Å². The van der Waals surface area contributed by atoms with Gasteiger partial charge in [0.2, 0.25) is 5.91 Å². The summed E-state index contributed by atoms with van der Waals surface area (Å²) < 4.78 is 15.3. The quantitative estimate of drug-likeness (QED) is 0.846. The molecule has 0 aromatic heterocycles. The molecule has 5 nitrogen and oxygen atoms in total. The van der Waals surface area contributed by atoms with Crippen LogP contribution in [0.2, 0.25) is 0 Å². The lowest BCUT2D eigenvalue weighted by Gasteiger charge is -2.19. The second kappa shape index (κ2) is 5.48. The van der Waals surface area contributed by atoms with Crippen molar-refractivity contribution in [2.24, 2.45) is 0 Å². The lowest BCUT2D eigenvalue weighted by molar-refractivity contribution is -0.125. The van der Waals surface area contributed by atoms with Gasteiger partial charge in [0.25, 0.3) is 0 Å². The summed E-state index contributed by atoms with van der Waals surface area (Å²) >= 11 is 0. The van der Waals surface area contributed by atoms with Crippen molar-refractivity contribution in [1.82, 2.24) is 5.32 Å². The summed E-state index contributed by atoms with van der Waals surface area (Å²) in [6.45, 7) is 0.0784. The Morgan fingerprint density at radius 1 is 1.21 bits per heavy atom. The molecule has 2 rings (SSSR count). The van der Waals surface area contributed by atoms with Gasteiger partial charge >= 0.3 is 0 Å². The van der Waals surface area contributed by atoms with Gasteiger partial charge in [-0.25, -0.2) is 0 Å². The molecule has 1 aromatic carbocycles. The van der Waals surface area contributed by atoms with E-state index in [0.29, 0.717) is 11.5 Å². The van der Waals surface area contributed by atoms with Gasteiger partial charge in [0, 0.05) is 7.11 Å². The first-order valence-electron chi connectivity index (χ1n) is 6.17. The summed E-state index contributed by atoms with van der Waals surface area (Å²) in [5.41, 5.74) is 0.768. The maximum Gasteiger partial charge on any atom is 0.246 e. The standard InChI is InChI=1S/C14H19NO4/c1-17-9-13(16)15-14(6-7-14)10-4-5-11(18-2)12(8-10)19-3/h4-5,8H,6-7,9H2,1-3H3,(H,15,16).